The molecular formula is C17H16ClNO6S. The highest BCUT2D eigenvalue weighted by Crippen LogP contribution is 2.17. The molecule has 2 aromatic rings. The third-order valence-corrected chi connectivity index (χ3v) is 4.41. The Morgan fingerprint density at radius 2 is 1.81 bits per heavy atom. The monoisotopic (exact) mass is 397 g/mol. The lowest BCUT2D eigenvalue weighted by Gasteiger charge is -2.09. The van der Waals surface area contributed by atoms with Gasteiger partial charge in [0.2, 0.25) is 0 Å². The van der Waals surface area contributed by atoms with Gasteiger partial charge in [0.15, 0.2) is 23.1 Å². The van der Waals surface area contributed by atoms with Crippen LogP contribution in [-0.2, 0) is 24.2 Å². The number of esters is 1. The van der Waals surface area contributed by atoms with Crippen molar-refractivity contribution in [3.63, 3.8) is 0 Å². The number of amides is 1. The van der Waals surface area contributed by atoms with E-state index < -0.39 is 28.3 Å². The van der Waals surface area contributed by atoms with Gasteiger partial charge in [0.25, 0.3) is 5.91 Å². The molecule has 0 aliphatic carbocycles. The Labute approximate surface area is 155 Å². The van der Waals surface area contributed by atoms with Gasteiger partial charge in [-0.15, -0.1) is 0 Å². The molecule has 1 N–H and O–H groups in total. The van der Waals surface area contributed by atoms with Gasteiger partial charge >= 0.3 is 5.97 Å². The van der Waals surface area contributed by atoms with Gasteiger partial charge in [-0.25, -0.2) is 13.2 Å². The molecule has 0 unspecified atom stereocenters. The van der Waals surface area contributed by atoms with Crippen LogP contribution >= 0.6 is 11.6 Å². The fourth-order valence-corrected chi connectivity index (χ4v) is 2.74. The number of halogens is 1. The van der Waals surface area contributed by atoms with Crippen molar-refractivity contribution in [2.24, 2.45) is 0 Å². The minimum Gasteiger partial charge on any atom is -0.482 e. The highest BCUT2D eigenvalue weighted by molar-refractivity contribution is 7.90. The molecule has 0 aliphatic rings. The summed E-state index contributed by atoms with van der Waals surface area (Å²) < 4.78 is 33.0. The molecular weight excluding hydrogens is 382 g/mol. The van der Waals surface area contributed by atoms with Crippen LogP contribution in [0.3, 0.4) is 0 Å². The smallest absolute Gasteiger partial charge is 0.344 e. The van der Waals surface area contributed by atoms with E-state index in [1.54, 1.807) is 18.2 Å². The van der Waals surface area contributed by atoms with Crippen LogP contribution in [0, 0.1) is 0 Å². The molecule has 0 atom stereocenters. The molecule has 0 aliphatic heterocycles. The van der Waals surface area contributed by atoms with Gasteiger partial charge in [-0.05, 0) is 36.4 Å². The standard InChI is InChI=1S/C17H16ClNO6S/c1-26(22,23)15-7-3-5-13(9-15)19-16(20)10-25-17(21)11-24-14-6-2-4-12(18)8-14/h2-9H,10-11H2,1H3,(H,19,20). The minimum atomic E-state index is -3.39. The van der Waals surface area contributed by atoms with Crippen molar-refractivity contribution >= 4 is 39.0 Å². The summed E-state index contributed by atoms with van der Waals surface area (Å²) in [6, 6.07) is 12.2. The lowest BCUT2D eigenvalue weighted by Crippen LogP contribution is -2.23. The van der Waals surface area contributed by atoms with Gasteiger partial charge in [0.05, 0.1) is 4.90 Å². The number of anilines is 1. The molecule has 1 amide bonds. The van der Waals surface area contributed by atoms with E-state index in [-0.39, 0.29) is 17.2 Å². The molecule has 0 spiro atoms. The zero-order valence-electron chi connectivity index (χ0n) is 13.8. The molecule has 7 nitrogen and oxygen atoms in total. The zero-order chi connectivity index (χ0) is 19.2. The van der Waals surface area contributed by atoms with E-state index >= 15 is 0 Å². The van der Waals surface area contributed by atoms with Crippen molar-refractivity contribution in [1.29, 1.82) is 0 Å². The Morgan fingerprint density at radius 3 is 2.50 bits per heavy atom. The van der Waals surface area contributed by atoms with Crippen LogP contribution in [-0.4, -0.2) is 39.8 Å². The van der Waals surface area contributed by atoms with E-state index in [1.165, 1.54) is 30.3 Å². The first-order valence-corrected chi connectivity index (χ1v) is 9.65. The van der Waals surface area contributed by atoms with Crippen LogP contribution in [0.5, 0.6) is 5.75 Å². The van der Waals surface area contributed by atoms with Gasteiger partial charge < -0.3 is 14.8 Å². The third kappa shape index (κ3) is 6.38. The van der Waals surface area contributed by atoms with Crippen LogP contribution in [0.2, 0.25) is 5.02 Å². The Kier molecular flexibility index (Phi) is 6.59. The summed E-state index contributed by atoms with van der Waals surface area (Å²) >= 11 is 5.79. The summed E-state index contributed by atoms with van der Waals surface area (Å²) in [4.78, 5) is 23.5. The second kappa shape index (κ2) is 8.68. The maximum absolute atomic E-state index is 11.8. The van der Waals surface area contributed by atoms with Gasteiger partial charge in [0, 0.05) is 17.0 Å². The predicted octanol–water partition coefficient (Wildman–Crippen LogP) is 2.30. The van der Waals surface area contributed by atoms with E-state index in [0.717, 1.165) is 6.26 Å². The van der Waals surface area contributed by atoms with E-state index in [1.807, 2.05) is 0 Å². The number of rotatable bonds is 7. The van der Waals surface area contributed by atoms with Crippen molar-refractivity contribution in [2.75, 3.05) is 24.8 Å². The largest absolute Gasteiger partial charge is 0.482 e. The third-order valence-electron chi connectivity index (χ3n) is 3.06. The van der Waals surface area contributed by atoms with E-state index in [0.29, 0.717) is 10.8 Å². The second-order valence-corrected chi connectivity index (χ2v) is 7.71. The van der Waals surface area contributed by atoms with Crippen LogP contribution in [0.25, 0.3) is 0 Å². The predicted molar refractivity (Wildman–Crippen MR) is 96.1 cm³/mol. The number of carbonyl (C=O) groups excluding carboxylic acids is 2. The topological polar surface area (TPSA) is 98.8 Å². The summed E-state index contributed by atoms with van der Waals surface area (Å²) in [5.41, 5.74) is 0.282. The molecule has 0 aromatic heterocycles. The molecule has 0 radical (unpaired) electrons. The lowest BCUT2D eigenvalue weighted by molar-refractivity contribution is -0.149. The molecule has 0 fully saturated rings. The summed E-state index contributed by atoms with van der Waals surface area (Å²) in [6.07, 6.45) is 1.07. The summed E-state index contributed by atoms with van der Waals surface area (Å²) in [6.45, 7) is -0.905. The normalized spacial score (nSPS) is 10.8. The van der Waals surface area contributed by atoms with Crippen molar-refractivity contribution in [1.82, 2.24) is 0 Å². The first-order chi connectivity index (χ1) is 12.2. The molecule has 2 aromatic carbocycles. The number of sulfone groups is 1. The number of carbonyl (C=O) groups is 2. The fourth-order valence-electron chi connectivity index (χ4n) is 1.89. The van der Waals surface area contributed by atoms with Gasteiger partial charge in [0.1, 0.15) is 5.75 Å². The minimum absolute atomic E-state index is 0.0715. The SMILES string of the molecule is CS(=O)(=O)c1cccc(NC(=O)COC(=O)COc2cccc(Cl)c2)c1. The molecule has 138 valence electrons. The molecule has 26 heavy (non-hydrogen) atoms. The summed E-state index contributed by atoms with van der Waals surface area (Å²) in [7, 11) is -3.39. The molecule has 0 saturated carbocycles. The average molecular weight is 398 g/mol. The van der Waals surface area contributed by atoms with Gasteiger partial charge in [-0.2, -0.15) is 0 Å². The Bertz CT molecular complexity index is 913. The van der Waals surface area contributed by atoms with Crippen molar-refractivity contribution in [3.8, 4) is 5.75 Å². The first-order valence-electron chi connectivity index (χ1n) is 7.38. The summed E-state index contributed by atoms with van der Waals surface area (Å²) in [5.74, 6) is -0.937. The molecule has 9 heteroatoms. The maximum Gasteiger partial charge on any atom is 0.344 e. The number of ether oxygens (including phenoxy) is 2. The fraction of sp³-hybridized carbons (Fsp3) is 0.176. The first kappa shape index (κ1) is 19.7. The molecule has 0 bridgehead atoms. The van der Waals surface area contributed by atoms with E-state index in [9.17, 15) is 18.0 Å². The Hall–Kier alpha value is -2.58. The molecule has 2 rings (SSSR count). The van der Waals surface area contributed by atoms with Crippen molar-refractivity contribution in [3.05, 3.63) is 53.6 Å². The number of nitrogens with one attached hydrogen (secondary N) is 1. The highest BCUT2D eigenvalue weighted by Gasteiger charge is 2.11. The molecule has 0 saturated heterocycles. The number of hydrogen-bond donors (Lipinski definition) is 1. The van der Waals surface area contributed by atoms with Crippen molar-refractivity contribution in [2.45, 2.75) is 4.90 Å². The summed E-state index contributed by atoms with van der Waals surface area (Å²) in [5, 5.41) is 2.92. The van der Waals surface area contributed by atoms with Crippen LogP contribution in [0.15, 0.2) is 53.4 Å². The van der Waals surface area contributed by atoms with Crippen molar-refractivity contribution < 1.29 is 27.5 Å². The van der Waals surface area contributed by atoms with Crippen LogP contribution in [0.4, 0.5) is 5.69 Å². The maximum atomic E-state index is 11.8. The average Bonchev–Trinajstić information content (AvgIpc) is 2.58. The van der Waals surface area contributed by atoms with E-state index in [4.69, 9.17) is 21.1 Å². The zero-order valence-corrected chi connectivity index (χ0v) is 15.3. The van der Waals surface area contributed by atoms with Crippen LogP contribution in [0.1, 0.15) is 0 Å². The Balaban J connectivity index is 1.80. The highest BCUT2D eigenvalue weighted by atomic mass is 35.5. The van der Waals surface area contributed by atoms with Gasteiger partial charge in [-0.1, -0.05) is 23.7 Å². The molecule has 0 heterocycles. The number of benzene rings is 2. The van der Waals surface area contributed by atoms with Gasteiger partial charge in [-0.3, -0.25) is 4.79 Å². The quantitative estimate of drug-likeness (QED) is 0.720. The van der Waals surface area contributed by atoms with Crippen LogP contribution < -0.4 is 10.1 Å². The lowest BCUT2D eigenvalue weighted by atomic mass is 10.3. The van der Waals surface area contributed by atoms with E-state index in [2.05, 4.69) is 5.32 Å². The Morgan fingerprint density at radius 1 is 1.08 bits per heavy atom. The second-order valence-electron chi connectivity index (χ2n) is 5.25. The number of hydrogen-bond acceptors (Lipinski definition) is 6.